The molecule has 5 nitrogen and oxygen atoms in total. The van der Waals surface area contributed by atoms with E-state index < -0.39 is 0 Å². The fourth-order valence-corrected chi connectivity index (χ4v) is 4.26. The third kappa shape index (κ3) is 4.98. The second-order valence-electron chi connectivity index (χ2n) is 8.02. The van der Waals surface area contributed by atoms with E-state index >= 15 is 0 Å². The molecule has 0 spiro atoms. The molecule has 0 aliphatic carbocycles. The van der Waals surface area contributed by atoms with E-state index in [0.717, 1.165) is 71.0 Å². The second-order valence-corrected chi connectivity index (χ2v) is 8.02. The molecule has 2 heterocycles. The van der Waals surface area contributed by atoms with Crippen LogP contribution in [0.4, 0.5) is 5.69 Å². The zero-order valence-corrected chi connectivity index (χ0v) is 17.5. The molecule has 5 heteroatoms. The number of nitrogens with zero attached hydrogens (tertiary/aromatic N) is 4. The lowest BCUT2D eigenvalue weighted by molar-refractivity contribution is 0.0643. The summed E-state index contributed by atoms with van der Waals surface area (Å²) in [5.41, 5.74) is 3.41. The molecular formula is C24H32N4O. The predicted octanol–water partition coefficient (Wildman–Crippen LogP) is 2.79. The molecule has 0 N–H and O–H groups in total. The van der Waals surface area contributed by atoms with Crippen molar-refractivity contribution in [1.29, 1.82) is 0 Å². The van der Waals surface area contributed by atoms with Crippen LogP contribution in [0, 0.1) is 0 Å². The van der Waals surface area contributed by atoms with Gasteiger partial charge in [0, 0.05) is 70.2 Å². The molecule has 0 bridgehead atoms. The molecular weight excluding hydrogens is 360 g/mol. The number of hydrogen-bond acceptors (Lipinski definition) is 4. The van der Waals surface area contributed by atoms with Gasteiger partial charge < -0.3 is 14.7 Å². The monoisotopic (exact) mass is 392 g/mol. The fraction of sp³-hybridized carbons (Fsp3) is 0.458. The zero-order chi connectivity index (χ0) is 20.1. The lowest BCUT2D eigenvalue weighted by atomic mass is 10.1. The van der Waals surface area contributed by atoms with Crippen molar-refractivity contribution in [2.24, 2.45) is 0 Å². The first-order valence-electron chi connectivity index (χ1n) is 10.9. The van der Waals surface area contributed by atoms with Crippen LogP contribution in [0.5, 0.6) is 0 Å². The molecule has 2 fully saturated rings. The van der Waals surface area contributed by atoms with Gasteiger partial charge in [-0.3, -0.25) is 9.69 Å². The average molecular weight is 393 g/mol. The van der Waals surface area contributed by atoms with Gasteiger partial charge in [0.1, 0.15) is 0 Å². The highest BCUT2D eigenvalue weighted by molar-refractivity contribution is 5.94. The number of benzene rings is 2. The SMILES string of the molecule is CCN1CCN(C(=O)c2ccc(CN3CCN(c4ccccc4)CC3)cc2)CC1. The maximum absolute atomic E-state index is 12.8. The largest absolute Gasteiger partial charge is 0.369 e. The number of likely N-dealkylation sites (N-methyl/N-ethyl adjacent to an activating group) is 1. The second kappa shape index (κ2) is 9.42. The standard InChI is InChI=1S/C24H32N4O/c1-2-25-12-18-28(19-13-25)24(29)22-10-8-21(9-11-22)20-26-14-16-27(17-15-26)23-6-4-3-5-7-23/h3-11H,2,12-20H2,1H3. The molecule has 29 heavy (non-hydrogen) atoms. The van der Waals surface area contributed by atoms with Gasteiger partial charge >= 0.3 is 0 Å². The molecule has 2 saturated heterocycles. The average Bonchev–Trinajstić information content (AvgIpc) is 2.80. The lowest BCUT2D eigenvalue weighted by Gasteiger charge is -2.36. The molecule has 0 radical (unpaired) electrons. The molecule has 154 valence electrons. The Kier molecular flexibility index (Phi) is 6.47. The molecule has 4 rings (SSSR count). The molecule has 0 saturated carbocycles. The van der Waals surface area contributed by atoms with E-state index in [4.69, 9.17) is 0 Å². The minimum atomic E-state index is 0.170. The van der Waals surface area contributed by atoms with E-state index in [2.05, 4.69) is 64.1 Å². The van der Waals surface area contributed by atoms with Gasteiger partial charge in [0.15, 0.2) is 0 Å². The van der Waals surface area contributed by atoms with Crippen LogP contribution >= 0.6 is 0 Å². The van der Waals surface area contributed by atoms with Crippen molar-refractivity contribution in [3.05, 3.63) is 65.7 Å². The van der Waals surface area contributed by atoms with Gasteiger partial charge in [-0.1, -0.05) is 37.3 Å². The Hall–Kier alpha value is -2.37. The van der Waals surface area contributed by atoms with E-state index in [1.54, 1.807) is 0 Å². The summed E-state index contributed by atoms with van der Waals surface area (Å²) in [5.74, 6) is 0.170. The normalized spacial score (nSPS) is 18.8. The van der Waals surface area contributed by atoms with Crippen LogP contribution in [0.3, 0.4) is 0 Å². The highest BCUT2D eigenvalue weighted by Crippen LogP contribution is 2.17. The van der Waals surface area contributed by atoms with Gasteiger partial charge in [-0.15, -0.1) is 0 Å². The zero-order valence-electron chi connectivity index (χ0n) is 17.5. The van der Waals surface area contributed by atoms with Crippen LogP contribution < -0.4 is 4.90 Å². The van der Waals surface area contributed by atoms with Crippen LogP contribution in [0.2, 0.25) is 0 Å². The smallest absolute Gasteiger partial charge is 0.253 e. The summed E-state index contributed by atoms with van der Waals surface area (Å²) in [4.78, 5) is 22.1. The summed E-state index contributed by atoms with van der Waals surface area (Å²) in [6, 6.07) is 18.9. The van der Waals surface area contributed by atoms with Crippen LogP contribution in [0.1, 0.15) is 22.8 Å². The van der Waals surface area contributed by atoms with E-state index in [9.17, 15) is 4.79 Å². The molecule has 2 aromatic carbocycles. The number of carbonyl (C=O) groups excluding carboxylic acids is 1. The maximum Gasteiger partial charge on any atom is 0.253 e. The topological polar surface area (TPSA) is 30.0 Å². The first kappa shape index (κ1) is 19.9. The molecule has 2 aliphatic heterocycles. The Morgan fingerprint density at radius 3 is 2.00 bits per heavy atom. The summed E-state index contributed by atoms with van der Waals surface area (Å²) in [6.07, 6.45) is 0. The number of rotatable bonds is 5. The number of carbonyl (C=O) groups is 1. The highest BCUT2D eigenvalue weighted by atomic mass is 16.2. The van der Waals surface area contributed by atoms with Crippen molar-refractivity contribution in [1.82, 2.24) is 14.7 Å². The molecule has 0 atom stereocenters. The van der Waals surface area contributed by atoms with E-state index in [1.807, 2.05) is 17.0 Å². The van der Waals surface area contributed by atoms with E-state index in [1.165, 1.54) is 11.3 Å². The summed E-state index contributed by atoms with van der Waals surface area (Å²) < 4.78 is 0. The maximum atomic E-state index is 12.8. The number of hydrogen-bond donors (Lipinski definition) is 0. The molecule has 0 unspecified atom stereocenters. The van der Waals surface area contributed by atoms with Gasteiger partial charge in [0.25, 0.3) is 5.91 Å². The van der Waals surface area contributed by atoms with Crippen molar-refractivity contribution in [3.63, 3.8) is 0 Å². The first-order valence-corrected chi connectivity index (χ1v) is 10.9. The van der Waals surface area contributed by atoms with Gasteiger partial charge in [0.05, 0.1) is 0 Å². The van der Waals surface area contributed by atoms with Crippen LogP contribution in [-0.2, 0) is 6.54 Å². The highest BCUT2D eigenvalue weighted by Gasteiger charge is 2.21. The van der Waals surface area contributed by atoms with Crippen molar-refractivity contribution in [2.75, 3.05) is 63.8 Å². The number of anilines is 1. The van der Waals surface area contributed by atoms with E-state index in [0.29, 0.717) is 0 Å². The Labute approximate surface area is 174 Å². The number of amides is 1. The van der Waals surface area contributed by atoms with Crippen LogP contribution in [0.15, 0.2) is 54.6 Å². The minimum absolute atomic E-state index is 0.170. The van der Waals surface area contributed by atoms with Crippen LogP contribution in [0.25, 0.3) is 0 Å². The number of piperazine rings is 2. The lowest BCUT2D eigenvalue weighted by Crippen LogP contribution is -2.48. The first-order chi connectivity index (χ1) is 14.2. The summed E-state index contributed by atoms with van der Waals surface area (Å²) >= 11 is 0. The van der Waals surface area contributed by atoms with E-state index in [-0.39, 0.29) is 5.91 Å². The Morgan fingerprint density at radius 2 is 1.38 bits per heavy atom. The number of para-hydroxylation sites is 1. The summed E-state index contributed by atoms with van der Waals surface area (Å²) in [7, 11) is 0. The van der Waals surface area contributed by atoms with Crippen molar-refractivity contribution >= 4 is 11.6 Å². The fourth-order valence-electron chi connectivity index (χ4n) is 4.26. The Balaban J connectivity index is 1.27. The van der Waals surface area contributed by atoms with Gasteiger partial charge in [-0.25, -0.2) is 0 Å². The molecule has 2 aliphatic rings. The summed E-state index contributed by atoms with van der Waals surface area (Å²) in [6.45, 7) is 12.1. The third-order valence-electron chi connectivity index (χ3n) is 6.21. The van der Waals surface area contributed by atoms with Crippen molar-refractivity contribution in [2.45, 2.75) is 13.5 Å². The molecule has 2 aromatic rings. The van der Waals surface area contributed by atoms with Gasteiger partial charge in [0.2, 0.25) is 0 Å². The van der Waals surface area contributed by atoms with Crippen molar-refractivity contribution in [3.8, 4) is 0 Å². The molecule has 1 amide bonds. The van der Waals surface area contributed by atoms with Crippen molar-refractivity contribution < 1.29 is 4.79 Å². The predicted molar refractivity (Wildman–Crippen MR) is 118 cm³/mol. The van der Waals surface area contributed by atoms with Gasteiger partial charge in [-0.05, 0) is 36.4 Å². The molecule has 0 aromatic heterocycles. The Morgan fingerprint density at radius 1 is 0.759 bits per heavy atom. The third-order valence-corrected chi connectivity index (χ3v) is 6.21. The van der Waals surface area contributed by atoms with Gasteiger partial charge in [-0.2, -0.15) is 0 Å². The summed E-state index contributed by atoms with van der Waals surface area (Å²) in [5, 5.41) is 0. The minimum Gasteiger partial charge on any atom is -0.369 e. The Bertz CT molecular complexity index is 776. The van der Waals surface area contributed by atoms with Crippen LogP contribution in [-0.4, -0.2) is 79.5 Å². The quantitative estimate of drug-likeness (QED) is 0.783.